The highest BCUT2D eigenvalue weighted by molar-refractivity contribution is 6.07. The average Bonchev–Trinajstić information content (AvgIpc) is 3.29. The molecule has 1 amide bonds. The van der Waals surface area contributed by atoms with E-state index >= 15 is 0 Å². The monoisotopic (exact) mass is 358 g/mol. The number of nitrogens with one attached hydrogen (secondary N) is 1. The number of rotatable bonds is 5. The van der Waals surface area contributed by atoms with E-state index in [1.54, 1.807) is 47.3 Å². The molecule has 3 heterocycles. The third kappa shape index (κ3) is 3.77. The molecule has 1 aromatic carbocycles. The van der Waals surface area contributed by atoms with Crippen LogP contribution in [0.25, 0.3) is 11.3 Å². The van der Waals surface area contributed by atoms with Gasteiger partial charge >= 0.3 is 0 Å². The summed E-state index contributed by atoms with van der Waals surface area (Å²) in [5, 5.41) is 11.7. The Balaban J connectivity index is 1.68. The number of anilines is 1. The predicted octanol–water partition coefficient (Wildman–Crippen LogP) is 2.98. The van der Waals surface area contributed by atoms with Crippen LogP contribution in [0, 0.1) is 0 Å². The predicted molar refractivity (Wildman–Crippen MR) is 102 cm³/mol. The Morgan fingerprint density at radius 3 is 2.63 bits per heavy atom. The highest BCUT2D eigenvalue weighted by Gasteiger charge is 2.19. The van der Waals surface area contributed by atoms with Gasteiger partial charge in [0.15, 0.2) is 5.82 Å². The molecule has 0 fully saturated rings. The Morgan fingerprint density at radius 2 is 1.93 bits per heavy atom. The van der Waals surface area contributed by atoms with Crippen molar-refractivity contribution in [2.45, 2.75) is 6.54 Å². The average molecular weight is 358 g/mol. The zero-order valence-corrected chi connectivity index (χ0v) is 14.8. The highest BCUT2D eigenvalue weighted by atomic mass is 16.1. The molecule has 3 aromatic heterocycles. The second kappa shape index (κ2) is 7.25. The maximum absolute atomic E-state index is 12.8. The minimum absolute atomic E-state index is 0.258. The molecule has 0 atom stereocenters. The zero-order chi connectivity index (χ0) is 18.6. The van der Waals surface area contributed by atoms with Crippen molar-refractivity contribution < 1.29 is 4.79 Å². The summed E-state index contributed by atoms with van der Waals surface area (Å²) in [4.78, 5) is 17.0. The Hall–Kier alpha value is -3.74. The molecule has 4 rings (SSSR count). The van der Waals surface area contributed by atoms with Crippen LogP contribution in [0.3, 0.4) is 0 Å². The fourth-order valence-corrected chi connectivity index (χ4v) is 2.82. The topological polar surface area (TPSA) is 77.6 Å². The molecule has 0 saturated carbocycles. The summed E-state index contributed by atoms with van der Waals surface area (Å²) in [5.74, 6) is 0.238. The molecule has 0 aliphatic heterocycles. The Kier molecular flexibility index (Phi) is 4.49. The van der Waals surface area contributed by atoms with Crippen LogP contribution in [0.2, 0.25) is 0 Å². The van der Waals surface area contributed by atoms with E-state index in [1.165, 1.54) is 0 Å². The van der Waals surface area contributed by atoms with Crippen molar-refractivity contribution in [1.29, 1.82) is 0 Å². The van der Waals surface area contributed by atoms with E-state index in [1.807, 2.05) is 42.5 Å². The van der Waals surface area contributed by atoms with Crippen LogP contribution in [0.5, 0.6) is 0 Å². The molecule has 7 heteroatoms. The van der Waals surface area contributed by atoms with Gasteiger partial charge in [-0.25, -0.2) is 0 Å². The van der Waals surface area contributed by atoms with Crippen LogP contribution in [-0.2, 0) is 13.6 Å². The van der Waals surface area contributed by atoms with Crippen LogP contribution in [0.15, 0.2) is 73.3 Å². The number of carbonyl (C=O) groups is 1. The van der Waals surface area contributed by atoms with Crippen LogP contribution in [0.1, 0.15) is 15.9 Å². The number of aromatic nitrogens is 5. The van der Waals surface area contributed by atoms with Gasteiger partial charge in [-0.05, 0) is 17.7 Å². The number of hydrogen-bond donors (Lipinski definition) is 1. The van der Waals surface area contributed by atoms with E-state index in [-0.39, 0.29) is 5.91 Å². The molecule has 0 spiro atoms. The SMILES string of the molecule is Cn1ccc(NC(=O)c2cn(Cc3ccccc3)nc2-c2cccnc2)n1. The largest absolute Gasteiger partial charge is 0.305 e. The first-order valence-corrected chi connectivity index (χ1v) is 8.52. The molecule has 0 aliphatic carbocycles. The van der Waals surface area contributed by atoms with E-state index < -0.39 is 0 Å². The van der Waals surface area contributed by atoms with E-state index in [0.29, 0.717) is 23.6 Å². The quantitative estimate of drug-likeness (QED) is 0.595. The lowest BCUT2D eigenvalue weighted by molar-refractivity contribution is 0.102. The van der Waals surface area contributed by atoms with E-state index in [9.17, 15) is 4.79 Å². The van der Waals surface area contributed by atoms with Gasteiger partial charge in [-0.2, -0.15) is 10.2 Å². The van der Waals surface area contributed by atoms with Crippen LogP contribution < -0.4 is 5.32 Å². The highest BCUT2D eigenvalue weighted by Crippen LogP contribution is 2.22. The summed E-state index contributed by atoms with van der Waals surface area (Å²) in [7, 11) is 1.80. The Labute approximate surface area is 156 Å². The molecule has 0 unspecified atom stereocenters. The number of nitrogens with zero attached hydrogens (tertiary/aromatic N) is 5. The maximum atomic E-state index is 12.8. The third-order valence-electron chi connectivity index (χ3n) is 4.08. The van der Waals surface area contributed by atoms with Gasteiger partial charge in [0.05, 0.1) is 12.1 Å². The number of aryl methyl sites for hydroxylation is 1. The molecule has 4 aromatic rings. The zero-order valence-electron chi connectivity index (χ0n) is 14.8. The van der Waals surface area contributed by atoms with Crippen LogP contribution >= 0.6 is 0 Å². The lowest BCUT2D eigenvalue weighted by Crippen LogP contribution is -2.13. The lowest BCUT2D eigenvalue weighted by atomic mass is 10.1. The van der Waals surface area contributed by atoms with Gasteiger partial charge < -0.3 is 5.32 Å². The number of amides is 1. The Bertz CT molecular complexity index is 1050. The van der Waals surface area contributed by atoms with Crippen molar-refractivity contribution >= 4 is 11.7 Å². The molecular formula is C20H18N6O. The van der Waals surface area contributed by atoms with E-state index in [2.05, 4.69) is 20.5 Å². The van der Waals surface area contributed by atoms with Crippen molar-refractivity contribution in [1.82, 2.24) is 24.5 Å². The molecule has 0 aliphatic rings. The molecule has 0 radical (unpaired) electrons. The summed E-state index contributed by atoms with van der Waals surface area (Å²) in [5.41, 5.74) is 2.96. The second-order valence-electron chi connectivity index (χ2n) is 6.15. The number of hydrogen-bond acceptors (Lipinski definition) is 4. The fraction of sp³-hybridized carbons (Fsp3) is 0.100. The second-order valence-corrected chi connectivity index (χ2v) is 6.15. The summed E-state index contributed by atoms with van der Waals surface area (Å²) < 4.78 is 3.40. The smallest absolute Gasteiger partial charge is 0.260 e. The number of carbonyl (C=O) groups excluding carboxylic acids is 1. The van der Waals surface area contributed by atoms with Crippen molar-refractivity contribution in [2.75, 3.05) is 5.32 Å². The first kappa shape index (κ1) is 16.7. The van der Waals surface area contributed by atoms with Gasteiger partial charge in [-0.15, -0.1) is 0 Å². The number of benzene rings is 1. The van der Waals surface area contributed by atoms with Crippen molar-refractivity contribution in [3.63, 3.8) is 0 Å². The van der Waals surface area contributed by atoms with Crippen LogP contribution in [0.4, 0.5) is 5.82 Å². The summed E-state index contributed by atoms with van der Waals surface area (Å²) in [6, 6.07) is 15.4. The lowest BCUT2D eigenvalue weighted by Gasteiger charge is -2.02. The van der Waals surface area contributed by atoms with E-state index in [0.717, 1.165) is 11.1 Å². The molecule has 0 saturated heterocycles. The molecule has 134 valence electrons. The molecule has 0 bridgehead atoms. The van der Waals surface area contributed by atoms with Crippen molar-refractivity contribution in [3.8, 4) is 11.3 Å². The minimum atomic E-state index is -0.258. The summed E-state index contributed by atoms with van der Waals surface area (Å²) in [6.07, 6.45) is 6.93. The van der Waals surface area contributed by atoms with Crippen molar-refractivity contribution in [2.24, 2.45) is 7.05 Å². The third-order valence-corrected chi connectivity index (χ3v) is 4.08. The molecule has 27 heavy (non-hydrogen) atoms. The standard InChI is InChI=1S/C20H18N6O/c1-25-11-9-18(23-25)22-20(27)17-14-26(13-15-6-3-2-4-7-15)24-19(17)16-8-5-10-21-12-16/h2-12,14H,13H2,1H3,(H,22,23,27). The van der Waals surface area contributed by atoms with Gasteiger partial charge in [-0.1, -0.05) is 30.3 Å². The maximum Gasteiger partial charge on any atom is 0.260 e. The van der Waals surface area contributed by atoms with Gasteiger partial charge in [-0.3, -0.25) is 19.1 Å². The van der Waals surface area contributed by atoms with Gasteiger partial charge in [0, 0.05) is 43.5 Å². The van der Waals surface area contributed by atoms with Crippen molar-refractivity contribution in [3.05, 3.63) is 84.4 Å². The van der Waals surface area contributed by atoms with Gasteiger partial charge in [0.25, 0.3) is 5.91 Å². The number of pyridine rings is 1. The Morgan fingerprint density at radius 1 is 1.07 bits per heavy atom. The van der Waals surface area contributed by atoms with Gasteiger partial charge in [0.1, 0.15) is 5.69 Å². The first-order chi connectivity index (χ1) is 13.2. The fourth-order valence-electron chi connectivity index (χ4n) is 2.82. The molecular weight excluding hydrogens is 340 g/mol. The minimum Gasteiger partial charge on any atom is -0.305 e. The summed E-state index contributed by atoms with van der Waals surface area (Å²) >= 11 is 0. The van der Waals surface area contributed by atoms with E-state index in [4.69, 9.17) is 0 Å². The van der Waals surface area contributed by atoms with Crippen LogP contribution in [-0.4, -0.2) is 30.5 Å². The normalized spacial score (nSPS) is 10.7. The first-order valence-electron chi connectivity index (χ1n) is 8.52. The molecule has 1 N–H and O–H groups in total. The van der Waals surface area contributed by atoms with Gasteiger partial charge in [0.2, 0.25) is 0 Å². The molecule has 7 nitrogen and oxygen atoms in total. The summed E-state index contributed by atoms with van der Waals surface area (Å²) in [6.45, 7) is 0.574.